The van der Waals surface area contributed by atoms with Gasteiger partial charge in [0.2, 0.25) is 0 Å². The topological polar surface area (TPSA) is 0 Å². The maximum Gasteiger partial charge on any atom is 0.130 e. The van der Waals surface area contributed by atoms with Gasteiger partial charge in [-0.2, -0.15) is 0 Å². The zero-order valence-corrected chi connectivity index (χ0v) is 6.64. The smallest absolute Gasteiger partial charge is 0.130 e. The van der Waals surface area contributed by atoms with Gasteiger partial charge in [-0.05, 0) is 24.6 Å². The van der Waals surface area contributed by atoms with Crippen LogP contribution in [0.4, 0.5) is 8.78 Å². The van der Waals surface area contributed by atoms with E-state index in [2.05, 4.69) is 9.24 Å². The summed E-state index contributed by atoms with van der Waals surface area (Å²) >= 11 is 0. The fourth-order valence-corrected chi connectivity index (χ4v) is 0.903. The Bertz CT molecular complexity index is 231. The molecule has 0 saturated heterocycles. The van der Waals surface area contributed by atoms with Crippen LogP contribution in [0.25, 0.3) is 0 Å². The molecule has 0 aromatic heterocycles. The highest BCUT2D eigenvalue weighted by Gasteiger charge is 2.03. The van der Waals surface area contributed by atoms with Crippen molar-refractivity contribution in [2.45, 2.75) is 6.92 Å². The van der Waals surface area contributed by atoms with Crippen molar-refractivity contribution in [3.8, 4) is 0 Å². The van der Waals surface area contributed by atoms with Crippen molar-refractivity contribution in [3.63, 3.8) is 0 Å². The lowest BCUT2D eigenvalue weighted by Gasteiger charge is -2.00. The van der Waals surface area contributed by atoms with E-state index in [4.69, 9.17) is 0 Å². The second-order valence-corrected chi connectivity index (χ2v) is 2.65. The first kappa shape index (κ1) is 7.62. The summed E-state index contributed by atoms with van der Waals surface area (Å²) in [5.74, 6) is -0.754. The molecule has 0 aliphatic rings. The molecule has 0 nitrogen and oxygen atoms in total. The molecule has 0 amide bonds. The first-order valence-corrected chi connectivity index (χ1v) is 3.40. The van der Waals surface area contributed by atoms with Gasteiger partial charge in [-0.25, -0.2) is 8.78 Å². The van der Waals surface area contributed by atoms with E-state index in [0.717, 1.165) is 12.1 Å². The average Bonchev–Trinajstić information content (AvgIpc) is 1.93. The summed E-state index contributed by atoms with van der Waals surface area (Å²) in [7, 11) is 2.16. The molecule has 10 heavy (non-hydrogen) atoms. The molecule has 1 aromatic rings. The van der Waals surface area contributed by atoms with Crippen LogP contribution in [-0.4, -0.2) is 0 Å². The molecule has 0 aliphatic carbocycles. The summed E-state index contributed by atoms with van der Waals surface area (Å²) < 4.78 is 25.2. The standard InChI is InChI=1S/C7H7F2P/c1-4-5(8)2-3-6(9)7(4)10/h2-3H,10H2,1H3. The monoisotopic (exact) mass is 160 g/mol. The van der Waals surface area contributed by atoms with Gasteiger partial charge in [0.25, 0.3) is 0 Å². The summed E-state index contributed by atoms with van der Waals surface area (Å²) in [6, 6.07) is 2.24. The summed E-state index contributed by atoms with van der Waals surface area (Å²) in [4.78, 5) is 0. The Morgan fingerprint density at radius 1 is 1.20 bits per heavy atom. The maximum atomic E-state index is 12.6. The Kier molecular flexibility index (Phi) is 2.00. The zero-order chi connectivity index (χ0) is 7.72. The minimum Gasteiger partial charge on any atom is -0.207 e. The van der Waals surface area contributed by atoms with Crippen LogP contribution in [0.2, 0.25) is 0 Å². The highest BCUT2D eigenvalue weighted by atomic mass is 31.0. The molecule has 0 saturated carbocycles. The third-order valence-corrected chi connectivity index (χ3v) is 2.10. The minimum atomic E-state index is -0.385. The molecule has 0 fully saturated rings. The van der Waals surface area contributed by atoms with Crippen molar-refractivity contribution in [2.24, 2.45) is 0 Å². The first-order valence-electron chi connectivity index (χ1n) is 2.83. The predicted octanol–water partition coefficient (Wildman–Crippen LogP) is 1.77. The minimum absolute atomic E-state index is 0.306. The summed E-state index contributed by atoms with van der Waals surface area (Å²) in [5.41, 5.74) is 0.352. The van der Waals surface area contributed by atoms with E-state index in [0.29, 0.717) is 10.9 Å². The lowest BCUT2D eigenvalue weighted by molar-refractivity contribution is 0.600. The molecule has 1 rings (SSSR count). The molecule has 1 aromatic carbocycles. The number of hydrogen-bond acceptors (Lipinski definition) is 0. The van der Waals surface area contributed by atoms with Gasteiger partial charge in [0.05, 0.1) is 0 Å². The van der Waals surface area contributed by atoms with Gasteiger partial charge in [-0.3, -0.25) is 0 Å². The second-order valence-electron chi connectivity index (χ2n) is 2.07. The largest absolute Gasteiger partial charge is 0.207 e. The lowest BCUT2D eigenvalue weighted by Crippen LogP contribution is -2.04. The van der Waals surface area contributed by atoms with Gasteiger partial charge in [0.15, 0.2) is 0 Å². The van der Waals surface area contributed by atoms with Crippen LogP contribution in [0, 0.1) is 18.6 Å². The van der Waals surface area contributed by atoms with Crippen LogP contribution in [0.15, 0.2) is 12.1 Å². The third-order valence-electron chi connectivity index (χ3n) is 1.40. The van der Waals surface area contributed by atoms with E-state index in [1.165, 1.54) is 0 Å². The quantitative estimate of drug-likeness (QED) is 0.507. The first-order chi connectivity index (χ1) is 4.63. The predicted molar refractivity (Wildman–Crippen MR) is 40.4 cm³/mol. The summed E-state index contributed by atoms with van der Waals surface area (Å²) in [6.07, 6.45) is 0. The normalized spacial score (nSPS) is 10.0. The highest BCUT2D eigenvalue weighted by Crippen LogP contribution is 2.08. The molecular formula is C7H7F2P. The molecular weight excluding hydrogens is 153 g/mol. The Morgan fingerprint density at radius 3 is 2.20 bits per heavy atom. The lowest BCUT2D eigenvalue weighted by atomic mass is 10.2. The number of halogens is 2. The Hall–Kier alpha value is -0.490. The van der Waals surface area contributed by atoms with Crippen LogP contribution in [0.3, 0.4) is 0 Å². The van der Waals surface area contributed by atoms with Crippen LogP contribution in [0.5, 0.6) is 0 Å². The molecule has 0 heterocycles. The SMILES string of the molecule is Cc1c(F)ccc(F)c1P. The fourth-order valence-electron chi connectivity index (χ4n) is 0.669. The van der Waals surface area contributed by atoms with Crippen molar-refractivity contribution >= 4 is 14.5 Å². The Labute approximate surface area is 60.5 Å². The van der Waals surface area contributed by atoms with Gasteiger partial charge in [-0.15, -0.1) is 9.24 Å². The fraction of sp³-hybridized carbons (Fsp3) is 0.143. The molecule has 0 spiro atoms. The van der Waals surface area contributed by atoms with Crippen molar-refractivity contribution in [1.29, 1.82) is 0 Å². The highest BCUT2D eigenvalue weighted by molar-refractivity contribution is 7.27. The van der Waals surface area contributed by atoms with Crippen LogP contribution < -0.4 is 5.30 Å². The van der Waals surface area contributed by atoms with Crippen molar-refractivity contribution in [2.75, 3.05) is 0 Å². The van der Waals surface area contributed by atoms with E-state index in [-0.39, 0.29) is 11.6 Å². The van der Waals surface area contributed by atoms with Gasteiger partial charge in [-0.1, -0.05) is 0 Å². The molecule has 0 aliphatic heterocycles. The van der Waals surface area contributed by atoms with E-state index in [9.17, 15) is 8.78 Å². The van der Waals surface area contributed by atoms with Gasteiger partial charge in [0, 0.05) is 5.30 Å². The second kappa shape index (κ2) is 2.63. The van der Waals surface area contributed by atoms with Crippen molar-refractivity contribution in [3.05, 3.63) is 29.3 Å². The third kappa shape index (κ3) is 1.17. The number of hydrogen-bond donors (Lipinski definition) is 0. The molecule has 3 heteroatoms. The summed E-state index contributed by atoms with van der Waals surface area (Å²) in [5, 5.41) is 0.306. The van der Waals surface area contributed by atoms with Crippen LogP contribution >= 0.6 is 9.24 Å². The number of benzene rings is 1. The van der Waals surface area contributed by atoms with Crippen LogP contribution in [0.1, 0.15) is 5.56 Å². The van der Waals surface area contributed by atoms with Gasteiger partial charge in [0.1, 0.15) is 11.6 Å². The van der Waals surface area contributed by atoms with E-state index in [1.807, 2.05) is 0 Å². The Balaban J connectivity index is 3.34. The van der Waals surface area contributed by atoms with E-state index < -0.39 is 0 Å². The average molecular weight is 160 g/mol. The molecule has 0 radical (unpaired) electrons. The molecule has 0 bridgehead atoms. The molecule has 54 valence electrons. The van der Waals surface area contributed by atoms with Gasteiger partial charge >= 0.3 is 0 Å². The van der Waals surface area contributed by atoms with Crippen molar-refractivity contribution in [1.82, 2.24) is 0 Å². The summed E-state index contributed by atoms with van der Waals surface area (Å²) in [6.45, 7) is 1.54. The van der Waals surface area contributed by atoms with E-state index >= 15 is 0 Å². The molecule has 1 unspecified atom stereocenters. The molecule has 0 N–H and O–H groups in total. The van der Waals surface area contributed by atoms with Crippen molar-refractivity contribution < 1.29 is 8.78 Å². The number of rotatable bonds is 0. The van der Waals surface area contributed by atoms with E-state index in [1.54, 1.807) is 6.92 Å². The Morgan fingerprint density at radius 2 is 1.70 bits per heavy atom. The maximum absolute atomic E-state index is 12.6. The van der Waals surface area contributed by atoms with Gasteiger partial charge < -0.3 is 0 Å². The van der Waals surface area contributed by atoms with Crippen LogP contribution in [-0.2, 0) is 0 Å². The zero-order valence-electron chi connectivity index (χ0n) is 5.49. The molecule has 1 atom stereocenters.